The highest BCUT2D eigenvalue weighted by Crippen LogP contribution is 2.16. The average molecular weight is 275 g/mol. The number of aldehydes is 1. The van der Waals surface area contributed by atoms with Gasteiger partial charge in [-0.25, -0.2) is 0 Å². The molecular formula is C15H17NO4. The standard InChI is InChI=1S/C15H17NO4/c17-11-13(12-4-2-1-3-5-12)14(18)10-15(19)16-6-8-20-9-7-16/h1-5,11,13H,6-10H2. The summed E-state index contributed by atoms with van der Waals surface area (Å²) >= 11 is 0. The summed E-state index contributed by atoms with van der Waals surface area (Å²) in [7, 11) is 0. The minimum atomic E-state index is -0.860. The van der Waals surface area contributed by atoms with Crippen molar-refractivity contribution in [1.82, 2.24) is 4.90 Å². The highest BCUT2D eigenvalue weighted by molar-refractivity contribution is 6.07. The molecule has 1 unspecified atom stereocenters. The van der Waals surface area contributed by atoms with Crippen LogP contribution in [0.3, 0.4) is 0 Å². The molecule has 1 heterocycles. The van der Waals surface area contributed by atoms with E-state index in [9.17, 15) is 14.4 Å². The molecule has 5 heteroatoms. The molecular weight excluding hydrogens is 258 g/mol. The van der Waals surface area contributed by atoms with Crippen LogP contribution >= 0.6 is 0 Å². The first-order valence-corrected chi connectivity index (χ1v) is 6.61. The van der Waals surface area contributed by atoms with E-state index in [1.54, 1.807) is 29.2 Å². The SMILES string of the molecule is O=CC(C(=O)CC(=O)N1CCOCC1)c1ccccc1. The maximum Gasteiger partial charge on any atom is 0.230 e. The predicted octanol–water partition coefficient (Wildman–Crippen LogP) is 0.787. The van der Waals surface area contributed by atoms with Crippen LogP contribution in [-0.2, 0) is 19.1 Å². The fraction of sp³-hybridized carbons (Fsp3) is 0.400. The molecule has 1 saturated heterocycles. The van der Waals surface area contributed by atoms with Crippen molar-refractivity contribution in [3.05, 3.63) is 35.9 Å². The Balaban J connectivity index is 1.99. The zero-order valence-electron chi connectivity index (χ0n) is 11.2. The Kier molecular flexibility index (Phi) is 5.01. The number of carbonyl (C=O) groups excluding carboxylic acids is 3. The Morgan fingerprint density at radius 3 is 2.45 bits per heavy atom. The van der Waals surface area contributed by atoms with Crippen molar-refractivity contribution < 1.29 is 19.1 Å². The van der Waals surface area contributed by atoms with Crippen molar-refractivity contribution in [3.63, 3.8) is 0 Å². The molecule has 0 bridgehead atoms. The van der Waals surface area contributed by atoms with E-state index in [0.29, 0.717) is 38.2 Å². The maximum atomic E-state index is 12.1. The number of amides is 1. The van der Waals surface area contributed by atoms with Crippen molar-refractivity contribution in [1.29, 1.82) is 0 Å². The van der Waals surface area contributed by atoms with Crippen LogP contribution in [0, 0.1) is 0 Å². The van der Waals surface area contributed by atoms with Crippen molar-refractivity contribution in [2.24, 2.45) is 0 Å². The lowest BCUT2D eigenvalue weighted by molar-refractivity contribution is -0.139. The highest BCUT2D eigenvalue weighted by Gasteiger charge is 2.25. The smallest absolute Gasteiger partial charge is 0.230 e. The topological polar surface area (TPSA) is 63.7 Å². The van der Waals surface area contributed by atoms with E-state index >= 15 is 0 Å². The summed E-state index contributed by atoms with van der Waals surface area (Å²) < 4.78 is 5.16. The Bertz CT molecular complexity index is 480. The second-order valence-electron chi connectivity index (χ2n) is 4.66. The van der Waals surface area contributed by atoms with E-state index in [-0.39, 0.29) is 18.1 Å². The average Bonchev–Trinajstić information content (AvgIpc) is 2.50. The molecule has 2 rings (SSSR count). The van der Waals surface area contributed by atoms with Crippen LogP contribution in [-0.4, -0.2) is 49.2 Å². The van der Waals surface area contributed by atoms with E-state index in [4.69, 9.17) is 4.74 Å². The summed E-state index contributed by atoms with van der Waals surface area (Å²) in [5.74, 6) is -1.45. The molecule has 1 fully saturated rings. The summed E-state index contributed by atoms with van der Waals surface area (Å²) in [6, 6.07) is 8.78. The zero-order valence-corrected chi connectivity index (χ0v) is 11.2. The fourth-order valence-electron chi connectivity index (χ4n) is 2.18. The van der Waals surface area contributed by atoms with Crippen LogP contribution in [0.1, 0.15) is 17.9 Å². The minimum Gasteiger partial charge on any atom is -0.378 e. The first-order valence-electron chi connectivity index (χ1n) is 6.61. The Labute approximate surface area is 117 Å². The Hall–Kier alpha value is -2.01. The number of hydrogen-bond donors (Lipinski definition) is 0. The molecule has 1 aliphatic rings. The molecule has 106 valence electrons. The molecule has 1 aliphatic heterocycles. The van der Waals surface area contributed by atoms with Gasteiger partial charge in [-0.1, -0.05) is 30.3 Å². The van der Waals surface area contributed by atoms with E-state index < -0.39 is 5.92 Å². The van der Waals surface area contributed by atoms with Gasteiger partial charge in [0.15, 0.2) is 5.78 Å². The van der Waals surface area contributed by atoms with Gasteiger partial charge >= 0.3 is 0 Å². The van der Waals surface area contributed by atoms with Crippen LogP contribution in [0.4, 0.5) is 0 Å². The molecule has 0 spiro atoms. The number of ether oxygens (including phenoxy) is 1. The normalized spacial score (nSPS) is 16.5. The molecule has 1 aromatic carbocycles. The van der Waals surface area contributed by atoms with Gasteiger partial charge in [0.05, 0.1) is 25.6 Å². The van der Waals surface area contributed by atoms with Gasteiger partial charge < -0.3 is 14.4 Å². The van der Waals surface area contributed by atoms with Crippen molar-refractivity contribution >= 4 is 18.0 Å². The van der Waals surface area contributed by atoms with Crippen LogP contribution < -0.4 is 0 Å². The van der Waals surface area contributed by atoms with E-state index in [2.05, 4.69) is 0 Å². The Morgan fingerprint density at radius 2 is 1.85 bits per heavy atom. The van der Waals surface area contributed by atoms with Gasteiger partial charge in [0, 0.05) is 13.1 Å². The van der Waals surface area contributed by atoms with E-state index in [1.807, 2.05) is 6.07 Å². The fourth-order valence-corrected chi connectivity index (χ4v) is 2.18. The molecule has 1 aromatic rings. The summed E-state index contributed by atoms with van der Waals surface area (Å²) in [6.07, 6.45) is 0.364. The van der Waals surface area contributed by atoms with Gasteiger partial charge in [0.25, 0.3) is 0 Å². The third-order valence-electron chi connectivity index (χ3n) is 3.33. The molecule has 0 radical (unpaired) electrons. The number of rotatable bonds is 5. The number of nitrogens with zero attached hydrogens (tertiary/aromatic N) is 1. The van der Waals surface area contributed by atoms with Gasteiger partial charge in [-0.05, 0) is 5.56 Å². The first-order chi connectivity index (χ1) is 9.72. The van der Waals surface area contributed by atoms with Gasteiger partial charge in [0.2, 0.25) is 5.91 Å². The number of carbonyl (C=O) groups is 3. The van der Waals surface area contributed by atoms with Crippen LogP contribution in [0.5, 0.6) is 0 Å². The van der Waals surface area contributed by atoms with Crippen molar-refractivity contribution in [3.8, 4) is 0 Å². The van der Waals surface area contributed by atoms with Crippen molar-refractivity contribution in [2.75, 3.05) is 26.3 Å². The largest absolute Gasteiger partial charge is 0.378 e. The summed E-state index contributed by atoms with van der Waals surface area (Å²) in [4.78, 5) is 36.9. The molecule has 5 nitrogen and oxygen atoms in total. The predicted molar refractivity (Wildman–Crippen MR) is 72.3 cm³/mol. The number of benzene rings is 1. The third kappa shape index (κ3) is 3.51. The molecule has 0 aromatic heterocycles. The number of ketones is 1. The number of Topliss-reactive ketones (excluding diaryl/α,β-unsaturated/α-hetero) is 1. The zero-order chi connectivity index (χ0) is 14.4. The molecule has 1 atom stereocenters. The van der Waals surface area contributed by atoms with Crippen molar-refractivity contribution in [2.45, 2.75) is 12.3 Å². The lowest BCUT2D eigenvalue weighted by atomic mass is 9.94. The number of hydrogen-bond acceptors (Lipinski definition) is 4. The van der Waals surface area contributed by atoms with Crippen LogP contribution in [0.25, 0.3) is 0 Å². The molecule has 0 saturated carbocycles. The molecule has 1 amide bonds. The summed E-state index contributed by atoms with van der Waals surface area (Å²) in [5, 5.41) is 0. The van der Waals surface area contributed by atoms with E-state index in [0.717, 1.165) is 0 Å². The minimum absolute atomic E-state index is 0.235. The van der Waals surface area contributed by atoms with Gasteiger partial charge in [-0.15, -0.1) is 0 Å². The molecule has 20 heavy (non-hydrogen) atoms. The first kappa shape index (κ1) is 14.4. The van der Waals surface area contributed by atoms with Crippen LogP contribution in [0.15, 0.2) is 30.3 Å². The third-order valence-corrected chi connectivity index (χ3v) is 3.33. The molecule has 0 aliphatic carbocycles. The highest BCUT2D eigenvalue weighted by atomic mass is 16.5. The lowest BCUT2D eigenvalue weighted by Crippen LogP contribution is -2.41. The Morgan fingerprint density at radius 1 is 1.20 bits per heavy atom. The lowest BCUT2D eigenvalue weighted by Gasteiger charge is -2.26. The van der Waals surface area contributed by atoms with Gasteiger partial charge in [0.1, 0.15) is 6.29 Å². The second-order valence-corrected chi connectivity index (χ2v) is 4.66. The molecule has 0 N–H and O–H groups in total. The second kappa shape index (κ2) is 6.96. The quantitative estimate of drug-likeness (QED) is 0.588. The monoisotopic (exact) mass is 275 g/mol. The van der Waals surface area contributed by atoms with Gasteiger partial charge in [-0.2, -0.15) is 0 Å². The summed E-state index contributed by atoms with van der Waals surface area (Å²) in [6.45, 7) is 2.00. The van der Waals surface area contributed by atoms with Crippen LogP contribution in [0.2, 0.25) is 0 Å². The van der Waals surface area contributed by atoms with Gasteiger partial charge in [-0.3, -0.25) is 9.59 Å². The summed E-state index contributed by atoms with van der Waals surface area (Å²) in [5.41, 5.74) is 0.627. The van der Waals surface area contributed by atoms with E-state index in [1.165, 1.54) is 0 Å². The maximum absolute atomic E-state index is 12.1. The number of morpholine rings is 1.